The highest BCUT2D eigenvalue weighted by atomic mass is 19.3. The maximum atomic E-state index is 13.9. The smallest absolute Gasteiger partial charge is 0.295 e. The highest BCUT2D eigenvalue weighted by molar-refractivity contribution is 5.92. The first-order valence-electron chi connectivity index (χ1n) is 9.70. The molecule has 158 valence electrons. The number of aromatic nitrogens is 3. The van der Waals surface area contributed by atoms with E-state index in [9.17, 15) is 13.9 Å². The molecule has 0 spiro atoms. The lowest BCUT2D eigenvalue weighted by Crippen LogP contribution is -2.50. The molecule has 4 rings (SSSR count). The van der Waals surface area contributed by atoms with E-state index in [0.717, 1.165) is 11.1 Å². The summed E-state index contributed by atoms with van der Waals surface area (Å²) in [4.78, 5) is 6.53. The number of aliphatic hydroxyl groups is 2. The van der Waals surface area contributed by atoms with Crippen LogP contribution < -0.4 is 10.2 Å². The number of pyridine rings is 1. The molecule has 0 bridgehead atoms. The maximum absolute atomic E-state index is 13.9. The number of aryl methyl sites for hydroxylation is 1. The van der Waals surface area contributed by atoms with Crippen LogP contribution in [0.1, 0.15) is 29.8 Å². The van der Waals surface area contributed by atoms with E-state index in [2.05, 4.69) is 20.5 Å². The van der Waals surface area contributed by atoms with Gasteiger partial charge in [0.2, 0.25) is 0 Å². The molecule has 0 radical (unpaired) electrons. The van der Waals surface area contributed by atoms with Crippen LogP contribution in [0.25, 0.3) is 10.9 Å². The topological polar surface area (TPSA) is 94.4 Å². The van der Waals surface area contributed by atoms with Crippen molar-refractivity contribution in [1.29, 1.82) is 0 Å². The maximum Gasteiger partial charge on any atom is 0.295 e. The minimum atomic E-state index is -3.30. The van der Waals surface area contributed by atoms with Gasteiger partial charge in [-0.05, 0) is 31.5 Å². The Balaban J connectivity index is 1.65. The van der Waals surface area contributed by atoms with Gasteiger partial charge in [0, 0.05) is 24.0 Å². The molecule has 1 fully saturated rings. The monoisotopic (exact) mass is 415 g/mol. The van der Waals surface area contributed by atoms with Gasteiger partial charge in [-0.3, -0.25) is 4.98 Å². The number of rotatable bonds is 6. The van der Waals surface area contributed by atoms with E-state index >= 15 is 0 Å². The van der Waals surface area contributed by atoms with Gasteiger partial charge in [0.1, 0.15) is 6.61 Å². The highest BCUT2D eigenvalue weighted by Crippen LogP contribution is 2.32. The third kappa shape index (κ3) is 3.78. The molecule has 0 unspecified atom stereocenters. The van der Waals surface area contributed by atoms with Crippen molar-refractivity contribution in [2.75, 3.05) is 29.9 Å². The van der Waals surface area contributed by atoms with Gasteiger partial charge in [-0.15, -0.1) is 5.10 Å². The van der Waals surface area contributed by atoms with E-state index < -0.39 is 12.5 Å². The lowest BCUT2D eigenvalue weighted by molar-refractivity contribution is -0.0556. The van der Waals surface area contributed by atoms with Gasteiger partial charge in [-0.1, -0.05) is 18.2 Å². The first-order chi connectivity index (χ1) is 14.3. The molecule has 1 aliphatic rings. The van der Waals surface area contributed by atoms with Crippen molar-refractivity contribution in [2.45, 2.75) is 31.9 Å². The number of halogens is 2. The summed E-state index contributed by atoms with van der Waals surface area (Å²) in [6, 6.07) is 7.56. The number of nitrogens with zero attached hydrogens (tertiary/aromatic N) is 4. The Morgan fingerprint density at radius 2 is 2.03 bits per heavy atom. The van der Waals surface area contributed by atoms with Gasteiger partial charge >= 0.3 is 0 Å². The molecule has 1 atom stereocenters. The van der Waals surface area contributed by atoms with E-state index in [1.54, 1.807) is 18.3 Å². The van der Waals surface area contributed by atoms with Crippen LogP contribution in [0.5, 0.6) is 0 Å². The fourth-order valence-corrected chi connectivity index (χ4v) is 3.51. The van der Waals surface area contributed by atoms with E-state index in [-0.39, 0.29) is 17.7 Å². The Bertz CT molecular complexity index is 1070. The minimum Gasteiger partial charge on any atom is -0.390 e. The second kappa shape index (κ2) is 7.73. The average molecular weight is 415 g/mol. The number of β-amino-alcohol motifs (C(OH)–C–C–N with tert-alkyl or cyclic N) is 1. The summed E-state index contributed by atoms with van der Waals surface area (Å²) < 4.78 is 27.7. The number of hydrogen-bond donors (Lipinski definition) is 3. The Hall–Kier alpha value is -2.91. The summed E-state index contributed by atoms with van der Waals surface area (Å²) in [5.74, 6) is -2.80. The summed E-state index contributed by atoms with van der Waals surface area (Å²) in [6.45, 7) is 3.52. The molecular weight excluding hydrogens is 392 g/mol. The molecule has 30 heavy (non-hydrogen) atoms. The summed E-state index contributed by atoms with van der Waals surface area (Å²) in [5.41, 5.74) is 2.65. The van der Waals surface area contributed by atoms with Crippen molar-refractivity contribution in [1.82, 2.24) is 15.2 Å². The van der Waals surface area contributed by atoms with Gasteiger partial charge in [-0.25, -0.2) is 0 Å². The number of alkyl halides is 2. The van der Waals surface area contributed by atoms with Gasteiger partial charge in [0.25, 0.3) is 5.92 Å². The predicted molar refractivity (Wildman–Crippen MR) is 110 cm³/mol. The van der Waals surface area contributed by atoms with Crippen LogP contribution in [0.15, 0.2) is 36.5 Å². The molecule has 0 saturated carbocycles. The van der Waals surface area contributed by atoms with Crippen LogP contribution in [0.4, 0.5) is 20.3 Å². The standard InChI is InChI=1S/C21H23F2N5O2/c1-12(14-4-3-5-15(6-14)21(22,23)11-29)25-20-18-7-16(28-9-17(30)10-28)8-24-19(18)13(2)26-27-20/h3-8,12,17,29-30H,9-11H2,1-2H3,(H,25,27)/t12-/m1/s1. The van der Waals surface area contributed by atoms with Gasteiger partial charge < -0.3 is 20.4 Å². The molecule has 1 saturated heterocycles. The van der Waals surface area contributed by atoms with Crippen LogP contribution in [0.3, 0.4) is 0 Å². The third-order valence-corrected chi connectivity index (χ3v) is 5.36. The Morgan fingerprint density at radius 1 is 1.27 bits per heavy atom. The van der Waals surface area contributed by atoms with Crippen molar-refractivity contribution in [3.05, 3.63) is 53.3 Å². The Morgan fingerprint density at radius 3 is 2.73 bits per heavy atom. The third-order valence-electron chi connectivity index (χ3n) is 5.36. The molecule has 1 aromatic carbocycles. The van der Waals surface area contributed by atoms with Gasteiger partial charge in [0.15, 0.2) is 5.82 Å². The van der Waals surface area contributed by atoms with Crippen molar-refractivity contribution in [3.8, 4) is 0 Å². The SMILES string of the molecule is Cc1nnc(N[C@H](C)c2cccc(C(F)(F)CO)c2)c2cc(N3CC(O)C3)cnc12. The molecule has 0 amide bonds. The largest absolute Gasteiger partial charge is 0.390 e. The number of hydrogen-bond acceptors (Lipinski definition) is 7. The van der Waals surface area contributed by atoms with Crippen LogP contribution in [-0.4, -0.2) is 51.2 Å². The number of benzene rings is 1. The van der Waals surface area contributed by atoms with Crippen molar-refractivity contribution in [2.24, 2.45) is 0 Å². The second-order valence-corrected chi connectivity index (χ2v) is 7.64. The van der Waals surface area contributed by atoms with Gasteiger partial charge in [0.05, 0.1) is 35.2 Å². The van der Waals surface area contributed by atoms with Crippen LogP contribution in [0, 0.1) is 6.92 Å². The van der Waals surface area contributed by atoms with Crippen molar-refractivity contribution >= 4 is 22.4 Å². The number of fused-ring (bicyclic) bond motifs is 1. The quantitative estimate of drug-likeness (QED) is 0.570. The zero-order valence-corrected chi connectivity index (χ0v) is 16.7. The fraction of sp³-hybridized carbons (Fsp3) is 0.381. The van der Waals surface area contributed by atoms with E-state index in [4.69, 9.17) is 5.11 Å². The molecule has 3 aromatic rings. The van der Waals surface area contributed by atoms with Crippen LogP contribution >= 0.6 is 0 Å². The number of aliphatic hydroxyl groups excluding tert-OH is 2. The molecule has 3 heterocycles. The zero-order chi connectivity index (χ0) is 21.5. The highest BCUT2D eigenvalue weighted by Gasteiger charge is 2.31. The normalized spacial score (nSPS) is 15.9. The molecule has 0 aliphatic carbocycles. The summed E-state index contributed by atoms with van der Waals surface area (Å²) in [5, 5.41) is 31.0. The first-order valence-corrected chi connectivity index (χ1v) is 9.70. The average Bonchev–Trinajstić information content (AvgIpc) is 2.73. The number of nitrogens with one attached hydrogen (secondary N) is 1. The molecule has 9 heteroatoms. The molecule has 7 nitrogen and oxygen atoms in total. The number of anilines is 2. The summed E-state index contributed by atoms with van der Waals surface area (Å²) in [7, 11) is 0. The first kappa shape index (κ1) is 20.4. The van der Waals surface area contributed by atoms with Gasteiger partial charge in [-0.2, -0.15) is 13.9 Å². The lowest BCUT2D eigenvalue weighted by Gasteiger charge is -2.37. The van der Waals surface area contributed by atoms with E-state index in [1.807, 2.05) is 24.8 Å². The minimum absolute atomic E-state index is 0.240. The van der Waals surface area contributed by atoms with Crippen LogP contribution in [0.2, 0.25) is 0 Å². The van der Waals surface area contributed by atoms with Crippen molar-refractivity contribution < 1.29 is 19.0 Å². The van der Waals surface area contributed by atoms with E-state index in [0.29, 0.717) is 35.7 Å². The summed E-state index contributed by atoms with van der Waals surface area (Å²) in [6.07, 6.45) is 1.41. The Labute approximate surface area is 172 Å². The molecular formula is C21H23F2N5O2. The second-order valence-electron chi connectivity index (χ2n) is 7.64. The lowest BCUT2D eigenvalue weighted by atomic mass is 10.0. The van der Waals surface area contributed by atoms with Crippen LogP contribution in [-0.2, 0) is 5.92 Å². The molecule has 2 aromatic heterocycles. The molecule has 1 aliphatic heterocycles. The predicted octanol–water partition coefficient (Wildman–Crippen LogP) is 2.77. The zero-order valence-electron chi connectivity index (χ0n) is 16.7. The summed E-state index contributed by atoms with van der Waals surface area (Å²) >= 11 is 0. The fourth-order valence-electron chi connectivity index (χ4n) is 3.51. The molecule has 3 N–H and O–H groups in total. The Kier molecular flexibility index (Phi) is 5.25. The van der Waals surface area contributed by atoms with Crippen molar-refractivity contribution in [3.63, 3.8) is 0 Å². The van der Waals surface area contributed by atoms with E-state index in [1.165, 1.54) is 12.1 Å².